The Kier molecular flexibility index (Phi) is 6.91. The fourth-order valence-corrected chi connectivity index (χ4v) is 5.26. The van der Waals surface area contributed by atoms with Crippen molar-refractivity contribution < 1.29 is 41.4 Å². The summed E-state index contributed by atoms with van der Waals surface area (Å²) in [6, 6.07) is 2.94. The van der Waals surface area contributed by atoms with Crippen molar-refractivity contribution in [1.29, 1.82) is 0 Å². The second-order valence-electron chi connectivity index (χ2n) is 9.86. The van der Waals surface area contributed by atoms with Crippen molar-refractivity contribution >= 4 is 34.8 Å². The molecule has 0 aliphatic carbocycles. The molecule has 1 aromatic carbocycles. The Morgan fingerprint density at radius 1 is 1.12 bits per heavy atom. The van der Waals surface area contributed by atoms with E-state index in [-0.39, 0.29) is 48.1 Å². The van der Waals surface area contributed by atoms with Crippen LogP contribution >= 0.6 is 0 Å². The highest BCUT2D eigenvalue weighted by molar-refractivity contribution is 5.98. The van der Waals surface area contributed by atoms with E-state index in [1.54, 1.807) is 10.2 Å². The number of aromatic nitrogens is 2. The van der Waals surface area contributed by atoms with Gasteiger partial charge < -0.3 is 15.3 Å². The number of halogens is 5. The Bertz CT molecular complexity index is 1640. The number of rotatable bonds is 5. The number of anilines is 1. The maximum Gasteiger partial charge on any atom is 0.414 e. The number of alkyl halides is 3. The number of carbonyl (C=O) groups excluding carboxylic acids is 2. The van der Waals surface area contributed by atoms with Crippen LogP contribution in [0.2, 0.25) is 0 Å². The van der Waals surface area contributed by atoms with E-state index in [1.807, 2.05) is 0 Å². The van der Waals surface area contributed by atoms with Crippen LogP contribution in [0.1, 0.15) is 23.7 Å². The predicted octanol–water partition coefficient (Wildman–Crippen LogP) is 3.31. The molecule has 2 saturated heterocycles. The quantitative estimate of drug-likeness (QED) is 0.445. The van der Waals surface area contributed by atoms with Crippen LogP contribution < -0.4 is 15.6 Å². The Morgan fingerprint density at radius 2 is 1.85 bits per heavy atom. The number of fused-ring (bicyclic) bond motifs is 2. The summed E-state index contributed by atoms with van der Waals surface area (Å²) in [6.07, 6.45) is -5.77. The minimum Gasteiger partial charge on any atom is -0.465 e. The minimum atomic E-state index is -4.78. The van der Waals surface area contributed by atoms with Gasteiger partial charge in [0.2, 0.25) is 11.3 Å². The first kappa shape index (κ1) is 28.0. The van der Waals surface area contributed by atoms with Gasteiger partial charge in [0.05, 0.1) is 17.0 Å². The van der Waals surface area contributed by atoms with E-state index >= 15 is 0 Å². The predicted molar refractivity (Wildman–Crippen MR) is 134 cm³/mol. The highest BCUT2D eigenvalue weighted by Crippen LogP contribution is 2.35. The van der Waals surface area contributed by atoms with Crippen molar-refractivity contribution in [3.8, 4) is 5.69 Å². The molecule has 2 unspecified atom stereocenters. The third-order valence-corrected chi connectivity index (χ3v) is 7.35. The number of pyridine rings is 2. The van der Waals surface area contributed by atoms with E-state index in [1.165, 1.54) is 19.1 Å². The van der Waals surface area contributed by atoms with Gasteiger partial charge in [0.15, 0.2) is 5.65 Å². The lowest BCUT2D eigenvalue weighted by molar-refractivity contribution is -0.153. The van der Waals surface area contributed by atoms with Crippen LogP contribution in [0.3, 0.4) is 0 Å². The molecule has 216 valence electrons. The number of nitrogens with one attached hydrogen (secondary N) is 1. The first-order valence-electron chi connectivity index (χ1n) is 12.5. The Morgan fingerprint density at radius 3 is 2.46 bits per heavy atom. The lowest BCUT2D eigenvalue weighted by atomic mass is 10.0. The van der Waals surface area contributed by atoms with E-state index < -0.39 is 65.1 Å². The van der Waals surface area contributed by atoms with Gasteiger partial charge in [-0.25, -0.2) is 23.5 Å². The molecule has 2 aliphatic rings. The molecular formula is C26H22F5N5O5. The van der Waals surface area contributed by atoms with Crippen molar-refractivity contribution in [3.05, 3.63) is 63.9 Å². The van der Waals surface area contributed by atoms with Crippen LogP contribution in [0, 0.1) is 23.5 Å². The Hall–Kier alpha value is -4.56. The van der Waals surface area contributed by atoms with E-state index in [0.717, 1.165) is 27.8 Å². The summed E-state index contributed by atoms with van der Waals surface area (Å²) in [5, 5.41) is 10.8. The largest absolute Gasteiger partial charge is 0.465 e. The average molecular weight is 579 g/mol. The number of hydrogen-bond donors (Lipinski definition) is 2. The molecule has 2 aromatic heterocycles. The van der Waals surface area contributed by atoms with Gasteiger partial charge >= 0.3 is 12.3 Å². The lowest BCUT2D eigenvalue weighted by Gasteiger charge is -2.22. The second kappa shape index (κ2) is 10.1. The maximum atomic E-state index is 14.9. The van der Waals surface area contributed by atoms with Crippen molar-refractivity contribution in [2.24, 2.45) is 11.8 Å². The van der Waals surface area contributed by atoms with E-state index in [2.05, 4.69) is 4.98 Å². The SMILES string of the molecule is CC[C@@H](NC(=O)c1cn(-c2ccc(F)cc2F)c2nc(N3CC4CN(C(=O)O)C(=O)C4C3)ccc2c1=O)C(F)(F)F. The summed E-state index contributed by atoms with van der Waals surface area (Å²) in [6.45, 7) is 1.58. The standard InChI is InChI=1S/C26H22F5N5O5/c1-2-19(26(29,30)31)32-23(38)16-11-35(18-5-3-13(27)7-17(18)28)22-14(21(16)37)4-6-20(33-22)34-8-12-9-36(25(40)41)24(39)15(12)10-34/h3-7,11-12,15,19H,2,8-10H2,1H3,(H,32,38)(H,40,41)/t12?,15?,19-/m1/s1. The number of nitrogens with zero attached hydrogens (tertiary/aromatic N) is 4. The van der Waals surface area contributed by atoms with Gasteiger partial charge in [-0.05, 0) is 30.7 Å². The zero-order valence-corrected chi connectivity index (χ0v) is 21.3. The van der Waals surface area contributed by atoms with Crippen LogP contribution in [0.15, 0.2) is 41.3 Å². The summed E-state index contributed by atoms with van der Waals surface area (Å²) in [5.74, 6) is -4.55. The van der Waals surface area contributed by atoms with Gasteiger partial charge in [-0.3, -0.25) is 19.0 Å². The molecule has 2 fully saturated rings. The smallest absolute Gasteiger partial charge is 0.414 e. The van der Waals surface area contributed by atoms with Crippen LogP contribution in [0.5, 0.6) is 0 Å². The zero-order chi connectivity index (χ0) is 29.8. The van der Waals surface area contributed by atoms with Crippen molar-refractivity contribution in [2.45, 2.75) is 25.6 Å². The van der Waals surface area contributed by atoms with Crippen molar-refractivity contribution in [3.63, 3.8) is 0 Å². The van der Waals surface area contributed by atoms with Crippen molar-refractivity contribution in [2.75, 3.05) is 24.5 Å². The van der Waals surface area contributed by atoms with Crippen LogP contribution in [-0.4, -0.2) is 69.3 Å². The average Bonchev–Trinajstić information content (AvgIpc) is 3.46. The molecular weight excluding hydrogens is 557 g/mol. The van der Waals surface area contributed by atoms with Gasteiger partial charge in [0.25, 0.3) is 5.91 Å². The zero-order valence-electron chi connectivity index (χ0n) is 21.3. The molecule has 3 aromatic rings. The first-order chi connectivity index (χ1) is 19.3. The molecule has 41 heavy (non-hydrogen) atoms. The summed E-state index contributed by atoms with van der Waals surface area (Å²) in [7, 11) is 0. The maximum absolute atomic E-state index is 14.9. The fraction of sp³-hybridized carbons (Fsp3) is 0.346. The van der Waals surface area contributed by atoms with Gasteiger partial charge in [-0.15, -0.1) is 0 Å². The summed E-state index contributed by atoms with van der Waals surface area (Å²) in [4.78, 5) is 56.8. The van der Waals surface area contributed by atoms with Crippen LogP contribution in [-0.2, 0) is 4.79 Å². The molecule has 3 atom stereocenters. The van der Waals surface area contributed by atoms with E-state index in [4.69, 9.17) is 0 Å². The van der Waals surface area contributed by atoms with E-state index in [9.17, 15) is 46.2 Å². The number of likely N-dealkylation sites (tertiary alicyclic amines) is 1. The molecule has 15 heteroatoms. The molecule has 3 amide bonds. The number of carbonyl (C=O) groups is 3. The lowest BCUT2D eigenvalue weighted by Crippen LogP contribution is -2.46. The van der Waals surface area contributed by atoms with Gasteiger partial charge in [-0.2, -0.15) is 13.2 Å². The minimum absolute atomic E-state index is 0.00354. The highest BCUT2D eigenvalue weighted by Gasteiger charge is 2.48. The molecule has 0 bridgehead atoms. The molecule has 5 rings (SSSR count). The number of amides is 3. The van der Waals surface area contributed by atoms with Crippen molar-refractivity contribution in [1.82, 2.24) is 19.8 Å². The summed E-state index contributed by atoms with van der Waals surface area (Å²) in [5.41, 5.74) is -2.18. The van der Waals surface area contributed by atoms with Gasteiger partial charge in [-0.1, -0.05) is 6.92 Å². The third kappa shape index (κ3) is 4.95. The topological polar surface area (TPSA) is 125 Å². The number of imide groups is 1. The molecule has 2 N–H and O–H groups in total. The number of hydrogen-bond acceptors (Lipinski definition) is 6. The van der Waals surface area contributed by atoms with Gasteiger partial charge in [0, 0.05) is 37.8 Å². The molecule has 4 heterocycles. The summed E-state index contributed by atoms with van der Waals surface area (Å²) < 4.78 is 69.4. The summed E-state index contributed by atoms with van der Waals surface area (Å²) >= 11 is 0. The Labute approximate surface area is 228 Å². The van der Waals surface area contributed by atoms with Crippen LogP contribution in [0.4, 0.5) is 32.6 Å². The first-order valence-corrected chi connectivity index (χ1v) is 12.5. The normalized spacial score (nSPS) is 19.5. The number of benzene rings is 1. The molecule has 0 saturated carbocycles. The fourth-order valence-electron chi connectivity index (χ4n) is 5.26. The third-order valence-electron chi connectivity index (χ3n) is 7.35. The highest BCUT2D eigenvalue weighted by atomic mass is 19.4. The van der Waals surface area contributed by atoms with Crippen LogP contribution in [0.25, 0.3) is 16.7 Å². The molecule has 0 spiro atoms. The Balaban J connectivity index is 1.59. The molecule has 0 radical (unpaired) electrons. The van der Waals surface area contributed by atoms with E-state index in [0.29, 0.717) is 6.07 Å². The molecule has 2 aliphatic heterocycles. The molecule has 10 nitrogen and oxygen atoms in total. The van der Waals surface area contributed by atoms with Gasteiger partial charge in [0.1, 0.15) is 29.1 Å². The number of carboxylic acid groups (broad SMARTS) is 1. The second-order valence-corrected chi connectivity index (χ2v) is 9.86. The monoisotopic (exact) mass is 579 g/mol.